The average molecular weight is 407 g/mol. The maximum Gasteiger partial charge on any atom is 0.355 e. The van der Waals surface area contributed by atoms with E-state index in [0.29, 0.717) is 11.3 Å². The van der Waals surface area contributed by atoms with Gasteiger partial charge in [-0.25, -0.2) is 4.79 Å². The van der Waals surface area contributed by atoms with E-state index in [0.717, 1.165) is 0 Å². The third-order valence-corrected chi connectivity index (χ3v) is 4.71. The van der Waals surface area contributed by atoms with E-state index in [1.54, 1.807) is 24.3 Å². The number of carbonyl (C=O) groups excluding carboxylic acids is 2. The van der Waals surface area contributed by atoms with Crippen molar-refractivity contribution in [3.63, 3.8) is 0 Å². The third-order valence-electron chi connectivity index (χ3n) is 4.71. The molecule has 0 radical (unpaired) electrons. The smallest absolute Gasteiger partial charge is 0.355 e. The van der Waals surface area contributed by atoms with Crippen LogP contribution in [0.3, 0.4) is 0 Å². The van der Waals surface area contributed by atoms with Crippen LogP contribution in [0.2, 0.25) is 0 Å². The number of fused-ring (bicyclic) bond motifs is 1. The molecule has 1 unspecified atom stereocenters. The summed E-state index contributed by atoms with van der Waals surface area (Å²) < 4.78 is 11.8. The molecule has 1 aliphatic heterocycles. The van der Waals surface area contributed by atoms with Gasteiger partial charge in [-0.3, -0.25) is 4.79 Å². The number of benzene rings is 2. The maximum absolute atomic E-state index is 13.5. The molecular weight excluding hydrogens is 390 g/mol. The molecule has 1 atom stereocenters. The second-order valence-corrected chi connectivity index (χ2v) is 6.37. The minimum Gasteiger partial charge on any atom is -0.508 e. The summed E-state index contributed by atoms with van der Waals surface area (Å²) in [4.78, 5) is 26.1. The number of carbonyl (C=O) groups is 2. The summed E-state index contributed by atoms with van der Waals surface area (Å²) in [5.74, 6) is -0.523. The number of ketones is 1. The zero-order chi connectivity index (χ0) is 21.3. The summed E-state index contributed by atoms with van der Waals surface area (Å²) in [6, 6.07) is 11.9. The Morgan fingerprint density at radius 3 is 2.53 bits per heavy atom. The Bertz CT molecular complexity index is 1150. The number of nitrogens with zero attached hydrogens (tertiary/aromatic N) is 4. The first-order valence-corrected chi connectivity index (χ1v) is 8.89. The minimum atomic E-state index is -0.859. The lowest BCUT2D eigenvalue weighted by molar-refractivity contribution is -0.136. The van der Waals surface area contributed by atoms with Gasteiger partial charge in [0, 0.05) is 11.1 Å². The molecular formula is C20H17N5O5. The summed E-state index contributed by atoms with van der Waals surface area (Å²) in [5.41, 5.74) is 0.853. The van der Waals surface area contributed by atoms with Crippen LogP contribution in [-0.4, -0.2) is 51.3 Å². The van der Waals surface area contributed by atoms with Crippen LogP contribution in [0.1, 0.15) is 22.0 Å². The lowest BCUT2D eigenvalue weighted by Gasteiger charge is -2.28. The van der Waals surface area contributed by atoms with E-state index in [9.17, 15) is 14.7 Å². The van der Waals surface area contributed by atoms with Gasteiger partial charge in [0.1, 0.15) is 23.2 Å². The zero-order valence-corrected chi connectivity index (χ0v) is 16.1. The molecule has 152 valence electrons. The monoisotopic (exact) mass is 407 g/mol. The summed E-state index contributed by atoms with van der Waals surface area (Å²) in [5, 5.41) is 23.9. The molecule has 2 N–H and O–H groups in total. The number of hydrogen-bond donors (Lipinski definition) is 2. The molecule has 0 saturated heterocycles. The van der Waals surface area contributed by atoms with Gasteiger partial charge in [0.25, 0.3) is 0 Å². The number of esters is 1. The van der Waals surface area contributed by atoms with Gasteiger partial charge >= 0.3 is 5.97 Å². The number of tetrazole rings is 1. The Labute approximate surface area is 170 Å². The van der Waals surface area contributed by atoms with Gasteiger partial charge in [0.05, 0.1) is 19.8 Å². The van der Waals surface area contributed by atoms with Crippen molar-refractivity contribution in [2.24, 2.45) is 0 Å². The van der Waals surface area contributed by atoms with Gasteiger partial charge < -0.3 is 19.9 Å². The number of nitrogens with one attached hydrogen (secondary N) is 1. The van der Waals surface area contributed by atoms with E-state index < -0.39 is 17.8 Å². The molecule has 10 heteroatoms. The molecule has 4 rings (SSSR count). The van der Waals surface area contributed by atoms with Gasteiger partial charge in [-0.2, -0.15) is 4.68 Å². The molecule has 0 spiro atoms. The highest BCUT2D eigenvalue weighted by atomic mass is 16.5. The quantitative estimate of drug-likeness (QED) is 0.480. The van der Waals surface area contributed by atoms with Crippen molar-refractivity contribution in [3.8, 4) is 11.5 Å². The SMILES string of the molecule is COC(=O)C1=C(C(=O)c2ccc(O)cc2)C(c2ccccc2OC)n2nnnc2N1. The number of Topliss-reactive ketones (excluding diaryl/α,β-unsaturated/α-hetero) is 1. The number of phenols is 1. The van der Waals surface area contributed by atoms with Crippen molar-refractivity contribution in [1.29, 1.82) is 0 Å². The van der Waals surface area contributed by atoms with Crippen molar-refractivity contribution in [2.75, 3.05) is 19.5 Å². The van der Waals surface area contributed by atoms with E-state index in [4.69, 9.17) is 9.47 Å². The molecule has 0 bridgehead atoms. The molecule has 0 saturated carbocycles. The number of aromatic nitrogens is 4. The fourth-order valence-electron chi connectivity index (χ4n) is 3.34. The van der Waals surface area contributed by atoms with E-state index in [1.165, 1.54) is 43.2 Å². The molecule has 3 aromatic rings. The number of aromatic hydroxyl groups is 1. The molecule has 10 nitrogen and oxygen atoms in total. The molecule has 2 heterocycles. The van der Waals surface area contributed by atoms with Crippen molar-refractivity contribution in [2.45, 2.75) is 6.04 Å². The predicted octanol–water partition coefficient (Wildman–Crippen LogP) is 1.71. The van der Waals surface area contributed by atoms with Crippen LogP contribution in [-0.2, 0) is 9.53 Å². The number of anilines is 1. The van der Waals surface area contributed by atoms with Crippen LogP contribution in [0, 0.1) is 0 Å². The van der Waals surface area contributed by atoms with Crippen molar-refractivity contribution < 1.29 is 24.2 Å². The summed E-state index contributed by atoms with van der Waals surface area (Å²) >= 11 is 0. The normalized spacial score (nSPS) is 15.2. The second kappa shape index (κ2) is 7.66. The lowest BCUT2D eigenvalue weighted by atomic mass is 9.89. The molecule has 0 fully saturated rings. The van der Waals surface area contributed by atoms with Gasteiger partial charge in [-0.05, 0) is 40.8 Å². The fraction of sp³-hybridized carbons (Fsp3) is 0.150. The fourth-order valence-corrected chi connectivity index (χ4v) is 3.34. The van der Waals surface area contributed by atoms with E-state index in [1.807, 2.05) is 0 Å². The number of allylic oxidation sites excluding steroid dienone is 1. The molecule has 0 aliphatic carbocycles. The van der Waals surface area contributed by atoms with Gasteiger partial charge in [-0.15, -0.1) is 0 Å². The Morgan fingerprint density at radius 1 is 1.10 bits per heavy atom. The minimum absolute atomic E-state index is 0.0135. The van der Waals surface area contributed by atoms with Crippen LogP contribution in [0.15, 0.2) is 59.8 Å². The van der Waals surface area contributed by atoms with Gasteiger partial charge in [0.2, 0.25) is 5.95 Å². The van der Waals surface area contributed by atoms with Crippen LogP contribution >= 0.6 is 0 Å². The summed E-state index contributed by atoms with van der Waals surface area (Å²) in [7, 11) is 2.72. The van der Waals surface area contributed by atoms with E-state index >= 15 is 0 Å². The molecule has 1 aliphatic rings. The van der Waals surface area contributed by atoms with Crippen LogP contribution < -0.4 is 10.1 Å². The van der Waals surface area contributed by atoms with E-state index in [2.05, 4.69) is 20.8 Å². The molecule has 2 aromatic carbocycles. The highest BCUT2D eigenvalue weighted by molar-refractivity contribution is 6.15. The highest BCUT2D eigenvalue weighted by Crippen LogP contribution is 2.40. The number of methoxy groups -OCH3 is 2. The van der Waals surface area contributed by atoms with Crippen molar-refractivity contribution in [3.05, 3.63) is 70.9 Å². The van der Waals surface area contributed by atoms with Gasteiger partial charge in [-0.1, -0.05) is 23.3 Å². The molecule has 0 amide bonds. The Morgan fingerprint density at radius 2 is 1.83 bits per heavy atom. The zero-order valence-electron chi connectivity index (χ0n) is 16.1. The van der Waals surface area contributed by atoms with Crippen LogP contribution in [0.5, 0.6) is 11.5 Å². The summed E-state index contributed by atoms with van der Waals surface area (Å²) in [6.07, 6.45) is 0. The average Bonchev–Trinajstić information content (AvgIpc) is 3.25. The third kappa shape index (κ3) is 3.13. The predicted molar refractivity (Wildman–Crippen MR) is 104 cm³/mol. The van der Waals surface area contributed by atoms with E-state index in [-0.39, 0.29) is 28.5 Å². The first kappa shape index (κ1) is 19.1. The first-order chi connectivity index (χ1) is 14.5. The number of ether oxygens (including phenoxy) is 2. The Balaban J connectivity index is 1.98. The van der Waals surface area contributed by atoms with Crippen LogP contribution in [0.25, 0.3) is 0 Å². The standard InChI is InChI=1S/C20H17N5O5/c1-29-14-6-4-3-5-13(14)17-15(18(27)11-7-9-12(26)10-8-11)16(19(28)30-2)21-20-22-23-24-25(17)20/h3-10,17,26H,1-2H3,(H,21,22,24). The highest BCUT2D eigenvalue weighted by Gasteiger charge is 2.39. The van der Waals surface area contributed by atoms with Gasteiger partial charge in [0.15, 0.2) is 5.78 Å². The first-order valence-electron chi connectivity index (χ1n) is 8.89. The number of hydrogen-bond acceptors (Lipinski definition) is 9. The topological polar surface area (TPSA) is 128 Å². The Hall–Kier alpha value is -4.21. The molecule has 1 aromatic heterocycles. The molecule has 30 heavy (non-hydrogen) atoms. The maximum atomic E-state index is 13.5. The Kier molecular flexibility index (Phi) is 4.88. The van der Waals surface area contributed by atoms with Crippen LogP contribution in [0.4, 0.5) is 5.95 Å². The number of phenolic OH excluding ortho intramolecular Hbond substituents is 1. The second-order valence-electron chi connectivity index (χ2n) is 6.37. The summed E-state index contributed by atoms with van der Waals surface area (Å²) in [6.45, 7) is 0. The lowest BCUT2D eigenvalue weighted by Crippen LogP contribution is -2.33. The number of rotatable bonds is 5. The van der Waals surface area contributed by atoms with Crippen molar-refractivity contribution in [1.82, 2.24) is 20.2 Å². The largest absolute Gasteiger partial charge is 0.508 e. The van der Waals surface area contributed by atoms with Crippen molar-refractivity contribution >= 4 is 17.7 Å². The number of para-hydroxylation sites is 1.